The van der Waals surface area contributed by atoms with Crippen LogP contribution >= 0.6 is 23.7 Å². The lowest BCUT2D eigenvalue weighted by Crippen LogP contribution is -2.14. The van der Waals surface area contributed by atoms with Crippen molar-refractivity contribution in [2.45, 2.75) is 18.7 Å². The van der Waals surface area contributed by atoms with Gasteiger partial charge >= 0.3 is 0 Å². The van der Waals surface area contributed by atoms with Gasteiger partial charge in [0.15, 0.2) is 0 Å². The summed E-state index contributed by atoms with van der Waals surface area (Å²) in [5.74, 6) is -0.0734. The molecule has 5 heteroatoms. The van der Waals surface area contributed by atoms with Gasteiger partial charge in [-0.25, -0.2) is 0 Å². The summed E-state index contributed by atoms with van der Waals surface area (Å²) >= 11 is 3.05. The SMILES string of the molecule is CSNC(=O)c1ccc(Nc2c(C)cc(SC)cc2C)cc1. The van der Waals surface area contributed by atoms with Gasteiger partial charge in [0.25, 0.3) is 5.91 Å². The van der Waals surface area contributed by atoms with Gasteiger partial charge in [-0.15, -0.1) is 11.8 Å². The van der Waals surface area contributed by atoms with E-state index in [1.165, 1.54) is 28.0 Å². The van der Waals surface area contributed by atoms with Gasteiger partial charge in [-0.05, 0) is 67.6 Å². The fourth-order valence-corrected chi connectivity index (χ4v) is 3.13. The highest BCUT2D eigenvalue weighted by molar-refractivity contribution is 7.98. The average molecular weight is 332 g/mol. The standard InChI is InChI=1S/C17H20N2OS2/c1-11-9-15(21-3)10-12(2)16(11)18-14-7-5-13(6-8-14)17(20)19-22-4/h5-10,18H,1-4H3,(H,19,20). The Balaban J connectivity index is 2.19. The summed E-state index contributed by atoms with van der Waals surface area (Å²) in [6.07, 6.45) is 3.91. The van der Waals surface area contributed by atoms with E-state index in [2.05, 4.69) is 42.3 Å². The van der Waals surface area contributed by atoms with E-state index in [1.54, 1.807) is 11.8 Å². The maximum atomic E-state index is 11.7. The second kappa shape index (κ2) is 7.61. The number of carbonyl (C=O) groups excluding carboxylic acids is 1. The Bertz CT molecular complexity index is 646. The van der Waals surface area contributed by atoms with Crippen LogP contribution in [0.4, 0.5) is 11.4 Å². The van der Waals surface area contributed by atoms with Crippen LogP contribution in [-0.2, 0) is 0 Å². The maximum Gasteiger partial charge on any atom is 0.261 e. The monoisotopic (exact) mass is 332 g/mol. The van der Waals surface area contributed by atoms with Crippen LogP contribution in [0.15, 0.2) is 41.3 Å². The molecule has 0 aliphatic rings. The van der Waals surface area contributed by atoms with E-state index < -0.39 is 0 Å². The summed E-state index contributed by atoms with van der Waals surface area (Å²) in [4.78, 5) is 13.0. The molecule has 116 valence electrons. The van der Waals surface area contributed by atoms with Gasteiger partial charge in [0.05, 0.1) is 0 Å². The largest absolute Gasteiger partial charge is 0.355 e. The van der Waals surface area contributed by atoms with E-state index in [1.807, 2.05) is 30.5 Å². The Morgan fingerprint density at radius 1 is 1.00 bits per heavy atom. The van der Waals surface area contributed by atoms with Crippen molar-refractivity contribution in [2.24, 2.45) is 0 Å². The van der Waals surface area contributed by atoms with E-state index in [0.29, 0.717) is 5.56 Å². The molecule has 0 aliphatic carbocycles. The molecule has 0 radical (unpaired) electrons. The molecule has 0 spiro atoms. The van der Waals surface area contributed by atoms with Crippen molar-refractivity contribution in [3.8, 4) is 0 Å². The molecule has 2 rings (SSSR count). The van der Waals surface area contributed by atoms with E-state index in [4.69, 9.17) is 0 Å². The molecule has 0 heterocycles. The normalized spacial score (nSPS) is 10.4. The highest BCUT2D eigenvalue weighted by atomic mass is 32.2. The smallest absolute Gasteiger partial charge is 0.261 e. The number of anilines is 2. The van der Waals surface area contributed by atoms with Crippen molar-refractivity contribution in [1.82, 2.24) is 4.72 Å². The third-order valence-corrected chi connectivity index (χ3v) is 4.45. The zero-order valence-corrected chi connectivity index (χ0v) is 14.8. The zero-order chi connectivity index (χ0) is 16.1. The van der Waals surface area contributed by atoms with Gasteiger partial charge in [-0.3, -0.25) is 9.52 Å². The molecule has 0 saturated carbocycles. The summed E-state index contributed by atoms with van der Waals surface area (Å²) in [6, 6.07) is 11.9. The summed E-state index contributed by atoms with van der Waals surface area (Å²) in [7, 11) is 0. The number of carbonyl (C=O) groups is 1. The number of benzene rings is 2. The molecular formula is C17H20N2OS2. The Morgan fingerprint density at radius 3 is 2.09 bits per heavy atom. The van der Waals surface area contributed by atoms with Crippen LogP contribution in [0.25, 0.3) is 0 Å². The average Bonchev–Trinajstić information content (AvgIpc) is 2.51. The summed E-state index contributed by atoms with van der Waals surface area (Å²) < 4.78 is 2.72. The minimum absolute atomic E-state index is 0.0734. The molecule has 2 aromatic carbocycles. The molecular weight excluding hydrogens is 312 g/mol. The first-order valence-corrected chi connectivity index (χ1v) is 9.35. The molecule has 1 amide bonds. The molecule has 2 aromatic rings. The summed E-state index contributed by atoms with van der Waals surface area (Å²) in [6.45, 7) is 4.21. The molecule has 0 fully saturated rings. The fourth-order valence-electron chi connectivity index (χ4n) is 2.24. The van der Waals surface area contributed by atoms with Crippen LogP contribution in [0.3, 0.4) is 0 Å². The quantitative estimate of drug-likeness (QED) is 0.611. The first kappa shape index (κ1) is 16.8. The van der Waals surface area contributed by atoms with Gasteiger partial charge in [0, 0.05) is 28.1 Å². The highest BCUT2D eigenvalue weighted by Crippen LogP contribution is 2.29. The van der Waals surface area contributed by atoms with Crippen LogP contribution in [0.2, 0.25) is 0 Å². The molecule has 3 nitrogen and oxygen atoms in total. The lowest BCUT2D eigenvalue weighted by atomic mass is 10.1. The molecule has 2 N–H and O–H groups in total. The topological polar surface area (TPSA) is 41.1 Å². The van der Waals surface area contributed by atoms with Crippen LogP contribution in [-0.4, -0.2) is 18.4 Å². The zero-order valence-electron chi connectivity index (χ0n) is 13.2. The van der Waals surface area contributed by atoms with E-state index in [-0.39, 0.29) is 5.91 Å². The lowest BCUT2D eigenvalue weighted by Gasteiger charge is -2.14. The number of amides is 1. The van der Waals surface area contributed by atoms with Gasteiger partial charge < -0.3 is 5.32 Å². The molecule has 0 bridgehead atoms. The molecule has 22 heavy (non-hydrogen) atoms. The van der Waals surface area contributed by atoms with E-state index >= 15 is 0 Å². The maximum absolute atomic E-state index is 11.7. The number of thioether (sulfide) groups is 1. The van der Waals surface area contributed by atoms with Crippen molar-refractivity contribution in [2.75, 3.05) is 17.8 Å². The van der Waals surface area contributed by atoms with Gasteiger partial charge in [-0.1, -0.05) is 11.9 Å². The van der Waals surface area contributed by atoms with Crippen LogP contribution < -0.4 is 10.0 Å². The predicted molar refractivity (Wildman–Crippen MR) is 98.4 cm³/mol. The van der Waals surface area contributed by atoms with Crippen LogP contribution in [0, 0.1) is 13.8 Å². The summed E-state index contributed by atoms with van der Waals surface area (Å²) in [5, 5.41) is 3.44. The number of hydrogen-bond acceptors (Lipinski definition) is 4. The molecule has 0 unspecified atom stereocenters. The number of aryl methyl sites for hydroxylation is 2. The van der Waals surface area contributed by atoms with E-state index in [9.17, 15) is 4.79 Å². The lowest BCUT2D eigenvalue weighted by molar-refractivity contribution is 0.0984. The van der Waals surface area contributed by atoms with Crippen LogP contribution in [0.1, 0.15) is 21.5 Å². The third kappa shape index (κ3) is 3.99. The van der Waals surface area contributed by atoms with Gasteiger partial charge in [0.1, 0.15) is 0 Å². The van der Waals surface area contributed by atoms with Crippen molar-refractivity contribution >= 4 is 41.0 Å². The number of nitrogens with one attached hydrogen (secondary N) is 2. The molecule has 0 aromatic heterocycles. The summed E-state index contributed by atoms with van der Waals surface area (Å²) in [5.41, 5.74) is 5.19. The Labute approximate surface area is 140 Å². The molecule has 0 aliphatic heterocycles. The van der Waals surface area contributed by atoms with Crippen molar-refractivity contribution in [3.05, 3.63) is 53.1 Å². The fraction of sp³-hybridized carbons (Fsp3) is 0.235. The van der Waals surface area contributed by atoms with Gasteiger partial charge in [-0.2, -0.15) is 0 Å². The number of rotatable bonds is 5. The molecule has 0 atom stereocenters. The van der Waals surface area contributed by atoms with E-state index in [0.717, 1.165) is 11.4 Å². The van der Waals surface area contributed by atoms with Crippen LogP contribution in [0.5, 0.6) is 0 Å². The first-order valence-electron chi connectivity index (χ1n) is 6.90. The number of hydrogen-bond donors (Lipinski definition) is 2. The Kier molecular flexibility index (Phi) is 5.80. The minimum Gasteiger partial charge on any atom is -0.355 e. The van der Waals surface area contributed by atoms with Crippen molar-refractivity contribution in [1.29, 1.82) is 0 Å². The van der Waals surface area contributed by atoms with Crippen molar-refractivity contribution < 1.29 is 4.79 Å². The second-order valence-electron chi connectivity index (χ2n) is 4.97. The van der Waals surface area contributed by atoms with Gasteiger partial charge in [0.2, 0.25) is 0 Å². The van der Waals surface area contributed by atoms with Crippen molar-refractivity contribution in [3.63, 3.8) is 0 Å². The second-order valence-corrected chi connectivity index (χ2v) is 6.47. The third-order valence-electron chi connectivity index (χ3n) is 3.35. The highest BCUT2D eigenvalue weighted by Gasteiger charge is 2.07. The molecule has 0 saturated heterocycles. The minimum atomic E-state index is -0.0734. The predicted octanol–water partition coefficient (Wildman–Crippen LogP) is 4.78. The first-order chi connectivity index (χ1) is 10.5. The Hall–Kier alpha value is -1.59. The Morgan fingerprint density at radius 2 is 1.59 bits per heavy atom.